The Kier molecular flexibility index (Phi) is 3.96. The van der Waals surface area contributed by atoms with Crippen LogP contribution >= 0.6 is 0 Å². The molecule has 0 bridgehead atoms. The van der Waals surface area contributed by atoms with Crippen LogP contribution in [0.3, 0.4) is 0 Å². The van der Waals surface area contributed by atoms with Gasteiger partial charge in [-0.2, -0.15) is 0 Å². The molecule has 0 saturated heterocycles. The van der Waals surface area contributed by atoms with E-state index < -0.39 is 0 Å². The van der Waals surface area contributed by atoms with E-state index >= 15 is 0 Å². The lowest BCUT2D eigenvalue weighted by Gasteiger charge is -2.06. The minimum atomic E-state index is 0.430. The predicted octanol–water partition coefficient (Wildman–Crippen LogP) is 1.62. The molecule has 5 heteroatoms. The zero-order valence-corrected chi connectivity index (χ0v) is 10.4. The van der Waals surface area contributed by atoms with Crippen molar-refractivity contribution in [3.63, 3.8) is 0 Å². The Morgan fingerprint density at radius 1 is 1.39 bits per heavy atom. The SMILES string of the molecule is Cc1ccc(NC(N)=NCCn2ccnc2)cc1. The van der Waals surface area contributed by atoms with Crippen molar-refractivity contribution in [2.45, 2.75) is 13.5 Å². The van der Waals surface area contributed by atoms with Gasteiger partial charge in [0, 0.05) is 24.6 Å². The van der Waals surface area contributed by atoms with Crippen LogP contribution in [-0.2, 0) is 6.54 Å². The van der Waals surface area contributed by atoms with Crippen LogP contribution in [0.4, 0.5) is 5.69 Å². The van der Waals surface area contributed by atoms with Gasteiger partial charge in [0.1, 0.15) is 0 Å². The smallest absolute Gasteiger partial charge is 0.193 e. The molecule has 2 rings (SSSR count). The third kappa shape index (κ3) is 3.62. The minimum Gasteiger partial charge on any atom is -0.370 e. The molecule has 2 aromatic rings. The lowest BCUT2D eigenvalue weighted by molar-refractivity contribution is 0.708. The summed E-state index contributed by atoms with van der Waals surface area (Å²) in [5.74, 6) is 0.430. The number of imidazole rings is 1. The number of nitrogens with one attached hydrogen (secondary N) is 1. The summed E-state index contributed by atoms with van der Waals surface area (Å²) < 4.78 is 1.96. The van der Waals surface area contributed by atoms with Crippen LogP contribution in [0, 0.1) is 6.92 Å². The second-order valence-corrected chi connectivity index (χ2v) is 4.06. The Bertz CT molecular complexity index is 499. The molecule has 1 aromatic heterocycles. The molecule has 0 fully saturated rings. The third-order valence-corrected chi connectivity index (χ3v) is 2.52. The standard InChI is InChI=1S/C13H17N5/c1-11-2-4-12(5-3-11)17-13(14)16-7-9-18-8-6-15-10-18/h2-6,8,10H,7,9H2,1H3,(H3,14,16,17). The van der Waals surface area contributed by atoms with Crippen molar-refractivity contribution >= 4 is 11.6 Å². The fourth-order valence-corrected chi connectivity index (χ4v) is 1.53. The summed E-state index contributed by atoms with van der Waals surface area (Å²) in [6.07, 6.45) is 5.41. The maximum Gasteiger partial charge on any atom is 0.193 e. The van der Waals surface area contributed by atoms with Gasteiger partial charge in [0.25, 0.3) is 0 Å². The van der Waals surface area contributed by atoms with E-state index in [-0.39, 0.29) is 0 Å². The fourth-order valence-electron chi connectivity index (χ4n) is 1.53. The molecule has 0 aliphatic heterocycles. The van der Waals surface area contributed by atoms with Gasteiger partial charge in [0.05, 0.1) is 12.9 Å². The van der Waals surface area contributed by atoms with Crippen molar-refractivity contribution in [2.24, 2.45) is 10.7 Å². The second-order valence-electron chi connectivity index (χ2n) is 4.06. The summed E-state index contributed by atoms with van der Waals surface area (Å²) in [6.45, 7) is 3.45. The van der Waals surface area contributed by atoms with Crippen LogP contribution in [-0.4, -0.2) is 22.1 Å². The molecule has 0 spiro atoms. The van der Waals surface area contributed by atoms with Gasteiger partial charge in [-0.25, -0.2) is 4.98 Å². The van der Waals surface area contributed by atoms with E-state index in [2.05, 4.69) is 15.3 Å². The number of benzene rings is 1. The van der Waals surface area contributed by atoms with Crippen molar-refractivity contribution in [2.75, 3.05) is 11.9 Å². The first kappa shape index (κ1) is 12.2. The van der Waals surface area contributed by atoms with E-state index in [1.54, 1.807) is 12.5 Å². The lowest BCUT2D eigenvalue weighted by Crippen LogP contribution is -2.23. The van der Waals surface area contributed by atoms with E-state index in [9.17, 15) is 0 Å². The monoisotopic (exact) mass is 243 g/mol. The van der Waals surface area contributed by atoms with E-state index in [1.807, 2.05) is 42.0 Å². The summed E-state index contributed by atoms with van der Waals surface area (Å²) >= 11 is 0. The zero-order chi connectivity index (χ0) is 12.8. The Hall–Kier alpha value is -2.30. The molecule has 0 saturated carbocycles. The first-order valence-corrected chi connectivity index (χ1v) is 5.83. The van der Waals surface area contributed by atoms with Crippen LogP contribution in [0.5, 0.6) is 0 Å². The van der Waals surface area contributed by atoms with Gasteiger partial charge in [-0.1, -0.05) is 17.7 Å². The zero-order valence-electron chi connectivity index (χ0n) is 10.4. The molecule has 3 N–H and O–H groups in total. The van der Waals surface area contributed by atoms with Crippen LogP contribution < -0.4 is 11.1 Å². The molecular formula is C13H17N5. The lowest BCUT2D eigenvalue weighted by atomic mass is 10.2. The quantitative estimate of drug-likeness (QED) is 0.633. The number of hydrogen-bond acceptors (Lipinski definition) is 2. The molecule has 0 radical (unpaired) electrons. The third-order valence-electron chi connectivity index (χ3n) is 2.52. The fraction of sp³-hybridized carbons (Fsp3) is 0.231. The van der Waals surface area contributed by atoms with Crippen molar-refractivity contribution in [1.82, 2.24) is 9.55 Å². The number of nitrogens with two attached hydrogens (primary N) is 1. The molecule has 0 atom stereocenters. The average molecular weight is 243 g/mol. The molecule has 94 valence electrons. The highest BCUT2D eigenvalue weighted by atomic mass is 15.1. The molecule has 0 amide bonds. The summed E-state index contributed by atoms with van der Waals surface area (Å²) in [5, 5.41) is 3.05. The molecule has 18 heavy (non-hydrogen) atoms. The number of anilines is 1. The number of guanidine groups is 1. The maximum atomic E-state index is 5.80. The van der Waals surface area contributed by atoms with Gasteiger partial charge in [0.2, 0.25) is 0 Å². The number of aromatic nitrogens is 2. The van der Waals surface area contributed by atoms with E-state index in [0.717, 1.165) is 12.2 Å². The highest BCUT2D eigenvalue weighted by molar-refractivity contribution is 5.92. The average Bonchev–Trinajstić information content (AvgIpc) is 2.85. The second kappa shape index (κ2) is 5.86. The number of aryl methyl sites for hydroxylation is 1. The van der Waals surface area contributed by atoms with Gasteiger partial charge >= 0.3 is 0 Å². The van der Waals surface area contributed by atoms with Gasteiger partial charge in [0.15, 0.2) is 5.96 Å². The summed E-state index contributed by atoms with van der Waals surface area (Å²) in [6, 6.07) is 8.02. The molecule has 0 aliphatic rings. The molecule has 0 unspecified atom stereocenters. The van der Waals surface area contributed by atoms with E-state index in [1.165, 1.54) is 5.56 Å². The summed E-state index contributed by atoms with van der Waals surface area (Å²) in [4.78, 5) is 8.21. The number of aliphatic imine (C=N–C) groups is 1. The van der Waals surface area contributed by atoms with Crippen molar-refractivity contribution < 1.29 is 0 Å². The minimum absolute atomic E-state index is 0.430. The number of nitrogens with zero attached hydrogens (tertiary/aromatic N) is 3. The molecular weight excluding hydrogens is 226 g/mol. The Morgan fingerprint density at radius 2 is 2.17 bits per heavy atom. The van der Waals surface area contributed by atoms with Crippen molar-refractivity contribution in [3.05, 3.63) is 48.5 Å². The highest BCUT2D eigenvalue weighted by Crippen LogP contribution is 2.07. The number of hydrogen-bond donors (Lipinski definition) is 2. The Labute approximate surface area is 106 Å². The summed E-state index contributed by atoms with van der Waals surface area (Å²) in [5.41, 5.74) is 7.96. The van der Waals surface area contributed by atoms with Crippen LogP contribution in [0.2, 0.25) is 0 Å². The Balaban J connectivity index is 1.83. The van der Waals surface area contributed by atoms with E-state index in [0.29, 0.717) is 12.5 Å². The van der Waals surface area contributed by atoms with Crippen molar-refractivity contribution in [1.29, 1.82) is 0 Å². The molecule has 5 nitrogen and oxygen atoms in total. The van der Waals surface area contributed by atoms with Crippen LogP contribution in [0.25, 0.3) is 0 Å². The van der Waals surface area contributed by atoms with Crippen LogP contribution in [0.1, 0.15) is 5.56 Å². The first-order chi connectivity index (χ1) is 8.74. The largest absolute Gasteiger partial charge is 0.370 e. The highest BCUT2D eigenvalue weighted by Gasteiger charge is 1.94. The maximum absolute atomic E-state index is 5.80. The van der Waals surface area contributed by atoms with E-state index in [4.69, 9.17) is 5.73 Å². The van der Waals surface area contributed by atoms with Gasteiger partial charge < -0.3 is 15.6 Å². The predicted molar refractivity (Wildman–Crippen MR) is 73.5 cm³/mol. The number of rotatable bonds is 4. The normalized spacial score (nSPS) is 11.5. The van der Waals surface area contributed by atoms with Crippen molar-refractivity contribution in [3.8, 4) is 0 Å². The van der Waals surface area contributed by atoms with Gasteiger partial charge in [-0.05, 0) is 19.1 Å². The summed E-state index contributed by atoms with van der Waals surface area (Å²) in [7, 11) is 0. The molecule has 0 aliphatic carbocycles. The van der Waals surface area contributed by atoms with Crippen LogP contribution in [0.15, 0.2) is 48.0 Å². The van der Waals surface area contributed by atoms with Gasteiger partial charge in [-0.15, -0.1) is 0 Å². The molecule has 1 heterocycles. The first-order valence-electron chi connectivity index (χ1n) is 5.83. The van der Waals surface area contributed by atoms with Gasteiger partial charge in [-0.3, -0.25) is 4.99 Å². The topological polar surface area (TPSA) is 68.2 Å². The Morgan fingerprint density at radius 3 is 2.83 bits per heavy atom. The molecule has 1 aromatic carbocycles.